The summed E-state index contributed by atoms with van der Waals surface area (Å²) in [5.74, 6) is 1.02. The summed E-state index contributed by atoms with van der Waals surface area (Å²) in [4.78, 5) is 26.2. The first-order chi connectivity index (χ1) is 14.3. The van der Waals surface area contributed by atoms with Crippen LogP contribution in [0.15, 0.2) is 60.8 Å². The number of pyridine rings is 1. The van der Waals surface area contributed by atoms with Crippen molar-refractivity contribution in [3.05, 3.63) is 72.2 Å². The van der Waals surface area contributed by atoms with Crippen LogP contribution in [0.25, 0.3) is 11.4 Å². The van der Waals surface area contributed by atoms with Gasteiger partial charge in [0.05, 0.1) is 12.2 Å². The molecule has 1 fully saturated rings. The van der Waals surface area contributed by atoms with Crippen LogP contribution in [0.2, 0.25) is 0 Å². The minimum absolute atomic E-state index is 0.234. The molecule has 148 valence electrons. The summed E-state index contributed by atoms with van der Waals surface area (Å²) >= 11 is 0. The number of anilines is 1. The van der Waals surface area contributed by atoms with E-state index in [9.17, 15) is 4.79 Å². The van der Waals surface area contributed by atoms with Crippen molar-refractivity contribution in [3.8, 4) is 11.4 Å². The molecule has 1 aliphatic carbocycles. The highest BCUT2D eigenvalue weighted by Gasteiger charge is 2.17. The third-order valence-corrected chi connectivity index (χ3v) is 5.10. The van der Waals surface area contributed by atoms with Gasteiger partial charge < -0.3 is 10.6 Å². The van der Waals surface area contributed by atoms with Crippen LogP contribution in [-0.4, -0.2) is 26.9 Å². The van der Waals surface area contributed by atoms with Gasteiger partial charge in [0.25, 0.3) is 5.91 Å². The first-order valence-electron chi connectivity index (χ1n) is 10.2. The molecular weight excluding hydrogens is 362 g/mol. The number of nitrogens with one attached hydrogen (secondary N) is 2. The Kier molecular flexibility index (Phi) is 6.10. The lowest BCUT2D eigenvalue weighted by molar-refractivity contribution is 0.0945. The van der Waals surface area contributed by atoms with E-state index >= 15 is 0 Å². The Morgan fingerprint density at radius 3 is 2.52 bits per heavy atom. The summed E-state index contributed by atoms with van der Waals surface area (Å²) < 4.78 is 0. The van der Waals surface area contributed by atoms with Crippen molar-refractivity contribution in [2.45, 2.75) is 44.7 Å². The molecule has 2 aromatic heterocycles. The summed E-state index contributed by atoms with van der Waals surface area (Å²) in [5, 5.41) is 6.42. The van der Waals surface area contributed by atoms with Gasteiger partial charge >= 0.3 is 0 Å². The number of benzene rings is 1. The van der Waals surface area contributed by atoms with Gasteiger partial charge in [-0.25, -0.2) is 9.97 Å². The third-order valence-electron chi connectivity index (χ3n) is 5.10. The number of nitrogens with zero attached hydrogens (tertiary/aromatic N) is 3. The highest BCUT2D eigenvalue weighted by molar-refractivity contribution is 5.93. The summed E-state index contributed by atoms with van der Waals surface area (Å²) in [6.45, 7) is 0.357. The van der Waals surface area contributed by atoms with E-state index in [1.54, 1.807) is 12.3 Å². The van der Waals surface area contributed by atoms with Crippen molar-refractivity contribution in [1.82, 2.24) is 20.3 Å². The van der Waals surface area contributed by atoms with Gasteiger partial charge in [0.1, 0.15) is 11.5 Å². The molecule has 0 spiro atoms. The molecule has 0 bridgehead atoms. The number of carbonyl (C=O) groups excluding carboxylic acids is 1. The lowest BCUT2D eigenvalue weighted by Gasteiger charge is -2.23. The summed E-state index contributed by atoms with van der Waals surface area (Å²) in [6.07, 6.45) is 7.72. The molecule has 0 unspecified atom stereocenters. The van der Waals surface area contributed by atoms with Gasteiger partial charge in [-0.3, -0.25) is 9.78 Å². The maximum Gasteiger partial charge on any atom is 0.270 e. The smallest absolute Gasteiger partial charge is 0.270 e. The average molecular weight is 387 g/mol. The Hall–Kier alpha value is -3.28. The zero-order chi connectivity index (χ0) is 19.9. The van der Waals surface area contributed by atoms with E-state index in [1.807, 2.05) is 48.5 Å². The monoisotopic (exact) mass is 387 g/mol. The molecule has 29 heavy (non-hydrogen) atoms. The molecule has 0 aliphatic heterocycles. The van der Waals surface area contributed by atoms with Crippen molar-refractivity contribution in [2.75, 3.05) is 5.32 Å². The fraction of sp³-hybridized carbons (Fsp3) is 0.304. The number of hydrogen-bond acceptors (Lipinski definition) is 5. The van der Waals surface area contributed by atoms with Crippen LogP contribution in [-0.2, 0) is 6.54 Å². The molecule has 1 aliphatic rings. The normalized spacial score (nSPS) is 14.3. The maximum atomic E-state index is 12.8. The zero-order valence-corrected chi connectivity index (χ0v) is 16.3. The minimum atomic E-state index is -0.234. The van der Waals surface area contributed by atoms with Gasteiger partial charge in [-0.1, -0.05) is 55.7 Å². The van der Waals surface area contributed by atoms with Crippen molar-refractivity contribution in [1.29, 1.82) is 0 Å². The van der Waals surface area contributed by atoms with Crippen LogP contribution in [0, 0.1) is 0 Å². The van der Waals surface area contributed by atoms with Gasteiger partial charge in [-0.15, -0.1) is 0 Å². The standard InChI is InChI=1S/C23H25N5O/c29-23(25-16-19-13-7-8-14-24-19)20-15-21(26-18-11-5-2-6-12-18)28-22(27-20)17-9-3-1-4-10-17/h1,3-4,7-10,13-15,18H,2,5-6,11-12,16H2,(H,25,29)(H,26,27,28). The van der Waals surface area contributed by atoms with Crippen LogP contribution >= 0.6 is 0 Å². The molecule has 0 radical (unpaired) electrons. The minimum Gasteiger partial charge on any atom is -0.367 e. The van der Waals surface area contributed by atoms with Gasteiger partial charge in [-0.2, -0.15) is 0 Å². The van der Waals surface area contributed by atoms with E-state index in [1.165, 1.54) is 19.3 Å². The van der Waals surface area contributed by atoms with Crippen LogP contribution in [0.3, 0.4) is 0 Å². The SMILES string of the molecule is O=C(NCc1ccccn1)c1cc(NC2CCCCC2)nc(-c2ccccc2)n1. The second-order valence-electron chi connectivity index (χ2n) is 7.31. The molecule has 1 aromatic carbocycles. The van der Waals surface area contributed by atoms with Crippen LogP contribution in [0.1, 0.15) is 48.3 Å². The lowest BCUT2D eigenvalue weighted by atomic mass is 9.95. The molecule has 1 saturated carbocycles. The van der Waals surface area contributed by atoms with Gasteiger partial charge in [0, 0.05) is 23.9 Å². The number of aromatic nitrogens is 3. The average Bonchev–Trinajstić information content (AvgIpc) is 2.79. The summed E-state index contributed by atoms with van der Waals surface area (Å²) in [5.41, 5.74) is 2.05. The van der Waals surface area contributed by atoms with Crippen molar-refractivity contribution in [3.63, 3.8) is 0 Å². The second kappa shape index (κ2) is 9.28. The van der Waals surface area contributed by atoms with E-state index in [0.717, 1.165) is 24.1 Å². The molecular formula is C23H25N5O. The van der Waals surface area contributed by atoms with Crippen molar-refractivity contribution < 1.29 is 4.79 Å². The summed E-state index contributed by atoms with van der Waals surface area (Å²) in [6, 6.07) is 17.5. The van der Waals surface area contributed by atoms with Crippen LogP contribution in [0.5, 0.6) is 0 Å². The van der Waals surface area contributed by atoms with Crippen molar-refractivity contribution >= 4 is 11.7 Å². The molecule has 6 heteroatoms. The molecule has 2 N–H and O–H groups in total. The first kappa shape index (κ1) is 19.1. The van der Waals surface area contributed by atoms with Crippen LogP contribution in [0.4, 0.5) is 5.82 Å². The highest BCUT2D eigenvalue weighted by atomic mass is 16.1. The number of rotatable bonds is 6. The van der Waals surface area contributed by atoms with E-state index in [4.69, 9.17) is 0 Å². The largest absolute Gasteiger partial charge is 0.367 e. The Balaban J connectivity index is 1.57. The molecule has 4 rings (SSSR count). The van der Waals surface area contributed by atoms with Gasteiger partial charge in [0.15, 0.2) is 5.82 Å². The van der Waals surface area contributed by atoms with E-state index in [0.29, 0.717) is 29.9 Å². The molecule has 3 aromatic rings. The van der Waals surface area contributed by atoms with E-state index < -0.39 is 0 Å². The maximum absolute atomic E-state index is 12.8. The third kappa shape index (κ3) is 5.16. The Morgan fingerprint density at radius 1 is 0.966 bits per heavy atom. The second-order valence-corrected chi connectivity index (χ2v) is 7.31. The van der Waals surface area contributed by atoms with Gasteiger partial charge in [-0.05, 0) is 25.0 Å². The predicted molar refractivity (Wildman–Crippen MR) is 113 cm³/mol. The number of hydrogen-bond donors (Lipinski definition) is 2. The van der Waals surface area contributed by atoms with E-state index in [2.05, 4.69) is 25.6 Å². The van der Waals surface area contributed by atoms with Gasteiger partial charge in [0.2, 0.25) is 0 Å². The Bertz CT molecular complexity index is 940. The fourth-order valence-electron chi connectivity index (χ4n) is 3.57. The lowest BCUT2D eigenvalue weighted by Crippen LogP contribution is -2.26. The first-order valence-corrected chi connectivity index (χ1v) is 10.2. The Labute approximate surface area is 170 Å². The number of carbonyl (C=O) groups is 1. The molecule has 6 nitrogen and oxygen atoms in total. The van der Waals surface area contributed by atoms with E-state index in [-0.39, 0.29) is 5.91 Å². The van der Waals surface area contributed by atoms with Crippen molar-refractivity contribution in [2.24, 2.45) is 0 Å². The molecule has 0 atom stereocenters. The van der Waals surface area contributed by atoms with Crippen LogP contribution < -0.4 is 10.6 Å². The molecule has 0 saturated heterocycles. The zero-order valence-electron chi connectivity index (χ0n) is 16.3. The highest BCUT2D eigenvalue weighted by Crippen LogP contribution is 2.23. The Morgan fingerprint density at radius 2 is 1.76 bits per heavy atom. The fourth-order valence-corrected chi connectivity index (χ4v) is 3.57. The summed E-state index contributed by atoms with van der Waals surface area (Å²) in [7, 11) is 0. The predicted octanol–water partition coefficient (Wildman–Crippen LogP) is 4.21. The number of amides is 1. The quantitative estimate of drug-likeness (QED) is 0.662. The molecule has 1 amide bonds. The molecule has 2 heterocycles. The topological polar surface area (TPSA) is 79.8 Å².